The van der Waals surface area contributed by atoms with Crippen molar-refractivity contribution in [3.05, 3.63) is 113 Å². The van der Waals surface area contributed by atoms with E-state index in [2.05, 4.69) is 0 Å². The maximum absolute atomic E-state index is 13.0. The molecule has 2 aliphatic heterocycles. The van der Waals surface area contributed by atoms with Gasteiger partial charge in [-0.25, -0.2) is 19.2 Å². The molecule has 1 aromatic rings. The van der Waals surface area contributed by atoms with Crippen molar-refractivity contribution in [3.63, 3.8) is 0 Å². The predicted octanol–water partition coefficient (Wildman–Crippen LogP) is -0.474. The summed E-state index contributed by atoms with van der Waals surface area (Å²) in [4.78, 5) is 50.4. The van der Waals surface area contributed by atoms with Gasteiger partial charge in [0.1, 0.15) is 54.9 Å². The molecule has 0 radical (unpaired) electrons. The minimum absolute atomic E-state index is 0.0659. The van der Waals surface area contributed by atoms with Crippen molar-refractivity contribution in [2.24, 2.45) is 0 Å². The minimum Gasteiger partial charge on any atom is -0.504 e. The minimum atomic E-state index is -2.50. The standard InChI is InChI=1S/C48H60O22/c1-24(11-7-13-26(3)43(60)69-42-31(52)20-48(64,47(62)63)21-32(42)66-35(53)18-16-28-15-17-29(50)30(51)19-28)9-5-6-10-25(2)12-8-14-27(4)44(61)70-46-41(59)39(57)37(55)34(68-46)23-65-45-40(58)38(56)36(54)33(22-49)67-45/h5-19,31-34,36-42,45-46,49-52,54-59,64H,20-23H2,1-4H3,(H,62,63)/b6-5+,11-7+,12-8+,18-16+,24-9+,25-10-,26-13+,27-14+/t31-,32+,33?,34?,36+,37+,38?,39?,40?,41?,42+,45+,46-,48+/m0/s1. The third kappa shape index (κ3) is 15.6. The van der Waals surface area contributed by atoms with Crippen molar-refractivity contribution in [1.29, 1.82) is 0 Å². The van der Waals surface area contributed by atoms with E-state index < -0.39 is 141 Å². The van der Waals surface area contributed by atoms with E-state index in [4.69, 9.17) is 28.4 Å². The van der Waals surface area contributed by atoms with Crippen LogP contribution in [0.5, 0.6) is 11.5 Å². The summed E-state index contributed by atoms with van der Waals surface area (Å²) in [6, 6.07) is 3.73. The molecule has 70 heavy (non-hydrogen) atoms. The van der Waals surface area contributed by atoms with E-state index in [0.717, 1.165) is 23.3 Å². The number of ether oxygens (including phenoxy) is 6. The van der Waals surface area contributed by atoms with Crippen LogP contribution in [0, 0.1) is 0 Å². The molecule has 22 nitrogen and oxygen atoms in total. The zero-order valence-electron chi connectivity index (χ0n) is 38.4. The zero-order valence-corrected chi connectivity index (χ0v) is 38.4. The normalized spacial score (nSPS) is 32.7. The number of aliphatic hydroxyl groups excluding tert-OH is 8. The number of esters is 3. The second kappa shape index (κ2) is 25.8. The summed E-state index contributed by atoms with van der Waals surface area (Å²) in [5, 5.41) is 121. The molecule has 0 spiro atoms. The average molecular weight is 989 g/mol. The Balaban J connectivity index is 1.28. The Kier molecular flexibility index (Phi) is 20.9. The number of hydrogen-bond acceptors (Lipinski definition) is 21. The number of allylic oxidation sites excluding steroid dienone is 12. The molecule has 0 bridgehead atoms. The van der Waals surface area contributed by atoms with E-state index in [1.165, 1.54) is 44.2 Å². The van der Waals surface area contributed by atoms with Crippen LogP contribution in [0.1, 0.15) is 46.1 Å². The fourth-order valence-corrected chi connectivity index (χ4v) is 6.99. The van der Waals surface area contributed by atoms with E-state index >= 15 is 0 Å². The fraction of sp³-hybridized carbons (Fsp3) is 0.458. The van der Waals surface area contributed by atoms with E-state index in [1.54, 1.807) is 62.5 Å². The zero-order chi connectivity index (χ0) is 52.0. The van der Waals surface area contributed by atoms with Gasteiger partial charge in [-0.05, 0) is 51.5 Å². The van der Waals surface area contributed by atoms with Crippen LogP contribution in [-0.2, 0) is 47.6 Å². The summed E-state index contributed by atoms with van der Waals surface area (Å²) < 4.78 is 32.1. The molecule has 22 heteroatoms. The molecule has 12 N–H and O–H groups in total. The molecular weight excluding hydrogens is 929 g/mol. The molecule has 0 amide bonds. The highest BCUT2D eigenvalue weighted by Gasteiger charge is 2.53. The van der Waals surface area contributed by atoms with E-state index in [9.17, 15) is 80.5 Å². The quantitative estimate of drug-likeness (QED) is 0.0291. The third-order valence-electron chi connectivity index (χ3n) is 11.2. The van der Waals surface area contributed by atoms with Crippen LogP contribution in [0.3, 0.4) is 0 Å². The Morgan fingerprint density at radius 1 is 0.657 bits per heavy atom. The van der Waals surface area contributed by atoms with Crippen LogP contribution >= 0.6 is 0 Å². The number of phenolic OH excluding ortho intramolecular Hbond substituents is 2. The van der Waals surface area contributed by atoms with Gasteiger partial charge < -0.3 is 89.7 Å². The van der Waals surface area contributed by atoms with Crippen LogP contribution in [0.2, 0.25) is 0 Å². The Bertz CT molecular complexity index is 2260. The molecule has 1 aromatic carbocycles. The van der Waals surface area contributed by atoms with Crippen molar-refractivity contribution in [1.82, 2.24) is 0 Å². The molecular formula is C48H60O22. The Morgan fingerprint density at radius 2 is 1.20 bits per heavy atom. The van der Waals surface area contributed by atoms with Crippen LogP contribution in [0.15, 0.2) is 107 Å². The molecule has 2 saturated heterocycles. The number of carbonyl (C=O) groups excluding carboxylic acids is 3. The van der Waals surface area contributed by atoms with Crippen molar-refractivity contribution >= 4 is 30.0 Å². The Morgan fingerprint density at radius 3 is 1.76 bits per heavy atom. The second-order valence-corrected chi connectivity index (χ2v) is 16.8. The molecule has 4 rings (SSSR count). The van der Waals surface area contributed by atoms with Gasteiger partial charge in [-0.2, -0.15) is 0 Å². The number of benzene rings is 1. The summed E-state index contributed by atoms with van der Waals surface area (Å²) in [6.45, 7) is 5.09. The number of aliphatic hydroxyl groups is 9. The van der Waals surface area contributed by atoms with Gasteiger partial charge in [-0.15, -0.1) is 0 Å². The molecule has 1 saturated carbocycles. The third-order valence-corrected chi connectivity index (χ3v) is 11.2. The molecule has 1 aliphatic carbocycles. The van der Waals surface area contributed by atoms with Gasteiger partial charge in [0.05, 0.1) is 19.3 Å². The number of carboxylic acids is 1. The van der Waals surface area contributed by atoms with E-state index in [0.29, 0.717) is 5.56 Å². The number of rotatable bonds is 18. The van der Waals surface area contributed by atoms with E-state index in [1.807, 2.05) is 0 Å². The smallest absolute Gasteiger partial charge is 0.336 e. The predicted molar refractivity (Wildman–Crippen MR) is 241 cm³/mol. The fourth-order valence-electron chi connectivity index (χ4n) is 6.99. The van der Waals surface area contributed by atoms with Gasteiger partial charge in [-0.1, -0.05) is 78.0 Å². The Hall–Kier alpha value is -5.86. The lowest BCUT2D eigenvalue weighted by Crippen LogP contribution is -2.61. The summed E-state index contributed by atoms with van der Waals surface area (Å²) in [5.41, 5.74) is -0.549. The first-order valence-corrected chi connectivity index (χ1v) is 21.8. The SMILES string of the molecule is CC(=C/C=C/C=C(C)/C=C/C=C(\C)C(=O)O[C@@H]1[C@@H](O)C[C@](O)(C(=O)O)C[C@H]1OC(=O)/C=C/c1ccc(O)c(O)c1)/C=C/C=C(\C)C(=O)O[C@@H]1OC(CO[C@@H]2OC(CO)[C@@H](O)C(O)C2O)[C@@H](O)C(O)C1O. The highest BCUT2D eigenvalue weighted by Crippen LogP contribution is 2.34. The number of phenols is 2. The van der Waals surface area contributed by atoms with Crippen molar-refractivity contribution in [2.75, 3.05) is 13.2 Å². The molecule has 3 fully saturated rings. The molecule has 6 unspecified atom stereocenters. The first-order chi connectivity index (χ1) is 33.0. The van der Waals surface area contributed by atoms with Crippen molar-refractivity contribution in [2.45, 2.75) is 126 Å². The van der Waals surface area contributed by atoms with Gasteiger partial charge in [-0.3, -0.25) is 0 Å². The molecule has 3 aliphatic rings. The number of carbonyl (C=O) groups is 4. The lowest BCUT2D eigenvalue weighted by Gasteiger charge is -2.42. The lowest BCUT2D eigenvalue weighted by atomic mass is 9.79. The Labute approximate surface area is 401 Å². The second-order valence-electron chi connectivity index (χ2n) is 16.8. The average Bonchev–Trinajstić information content (AvgIpc) is 3.31. The molecule has 14 atom stereocenters. The summed E-state index contributed by atoms with van der Waals surface area (Å²) in [7, 11) is 0. The van der Waals surface area contributed by atoms with Gasteiger partial charge in [0.25, 0.3) is 0 Å². The van der Waals surface area contributed by atoms with Crippen LogP contribution in [0.4, 0.5) is 0 Å². The van der Waals surface area contributed by atoms with Gasteiger partial charge >= 0.3 is 23.9 Å². The lowest BCUT2D eigenvalue weighted by molar-refractivity contribution is -0.326. The maximum Gasteiger partial charge on any atom is 0.336 e. The van der Waals surface area contributed by atoms with Crippen LogP contribution in [0.25, 0.3) is 6.08 Å². The monoisotopic (exact) mass is 988 g/mol. The van der Waals surface area contributed by atoms with Gasteiger partial charge in [0, 0.05) is 30.1 Å². The number of aromatic hydroxyl groups is 2. The molecule has 0 aromatic heterocycles. The first-order valence-electron chi connectivity index (χ1n) is 21.8. The topological polar surface area (TPSA) is 366 Å². The van der Waals surface area contributed by atoms with Crippen LogP contribution < -0.4 is 0 Å². The summed E-state index contributed by atoms with van der Waals surface area (Å²) in [5.74, 6) is -5.41. The number of hydrogen-bond donors (Lipinski definition) is 12. The number of carboxylic acid groups (broad SMARTS) is 1. The van der Waals surface area contributed by atoms with Crippen LogP contribution in [-0.4, -0.2) is 184 Å². The largest absolute Gasteiger partial charge is 0.504 e. The summed E-state index contributed by atoms with van der Waals surface area (Å²) in [6.07, 6.45) is -4.47. The van der Waals surface area contributed by atoms with Crippen molar-refractivity contribution < 1.29 is 109 Å². The highest BCUT2D eigenvalue weighted by atomic mass is 16.7. The molecule has 384 valence electrons. The van der Waals surface area contributed by atoms with Gasteiger partial charge in [0.15, 0.2) is 29.5 Å². The summed E-state index contributed by atoms with van der Waals surface area (Å²) >= 11 is 0. The maximum atomic E-state index is 13.0. The molecule has 2 heterocycles. The van der Waals surface area contributed by atoms with E-state index in [-0.39, 0.29) is 16.9 Å². The van der Waals surface area contributed by atoms with Gasteiger partial charge in [0.2, 0.25) is 6.29 Å². The van der Waals surface area contributed by atoms with Crippen molar-refractivity contribution in [3.8, 4) is 11.5 Å². The first kappa shape index (κ1) is 56.7. The number of aliphatic carboxylic acids is 1. The highest BCUT2D eigenvalue weighted by molar-refractivity contribution is 5.89.